The van der Waals surface area contributed by atoms with E-state index in [0.717, 1.165) is 60.6 Å². The van der Waals surface area contributed by atoms with Gasteiger partial charge in [-0.3, -0.25) is 14.4 Å². The largest absolute Gasteiger partial charge is 0.369 e. The van der Waals surface area contributed by atoms with Crippen molar-refractivity contribution in [3.05, 3.63) is 82.6 Å². The standard InChI is InChI=1S/C27H30FN5OS/c1-20-24-18-25(35-27(24)33(30-20)19-21-8-10-22(28)11-9-21)26(34)29-12-5-13-31-14-16-32(17-15-31)23-6-3-2-4-7-23/h2-4,6-11,18H,5,12-17,19H2,1H3,(H,29,34). The van der Waals surface area contributed by atoms with Crippen molar-refractivity contribution in [1.29, 1.82) is 0 Å². The van der Waals surface area contributed by atoms with Crippen LogP contribution in [0.5, 0.6) is 0 Å². The third kappa shape index (κ3) is 5.55. The highest BCUT2D eigenvalue weighted by atomic mass is 32.1. The van der Waals surface area contributed by atoms with Crippen LogP contribution < -0.4 is 10.2 Å². The van der Waals surface area contributed by atoms with E-state index in [0.29, 0.717) is 18.0 Å². The normalized spacial score (nSPS) is 14.5. The molecule has 0 saturated carbocycles. The number of aromatic nitrogens is 2. The highest BCUT2D eigenvalue weighted by Crippen LogP contribution is 2.29. The van der Waals surface area contributed by atoms with Gasteiger partial charge in [-0.25, -0.2) is 4.39 Å². The number of nitrogens with one attached hydrogen (secondary N) is 1. The first-order valence-corrected chi connectivity index (χ1v) is 12.9. The van der Waals surface area contributed by atoms with Gasteiger partial charge in [-0.1, -0.05) is 30.3 Å². The van der Waals surface area contributed by atoms with Gasteiger partial charge in [-0.15, -0.1) is 11.3 Å². The van der Waals surface area contributed by atoms with Crippen LogP contribution in [0.1, 0.15) is 27.3 Å². The van der Waals surface area contributed by atoms with Gasteiger partial charge in [0, 0.05) is 43.8 Å². The molecule has 1 aliphatic heterocycles. The monoisotopic (exact) mass is 491 g/mol. The van der Waals surface area contributed by atoms with Crippen LogP contribution in [0.25, 0.3) is 10.2 Å². The Hall–Kier alpha value is -3.23. The lowest BCUT2D eigenvalue weighted by molar-refractivity contribution is 0.0955. The predicted molar refractivity (Wildman–Crippen MR) is 140 cm³/mol. The van der Waals surface area contributed by atoms with Gasteiger partial charge in [-0.2, -0.15) is 5.10 Å². The molecule has 6 nitrogen and oxygen atoms in total. The van der Waals surface area contributed by atoms with E-state index in [9.17, 15) is 9.18 Å². The van der Waals surface area contributed by atoms with Gasteiger partial charge in [0.05, 0.1) is 17.1 Å². The number of carbonyl (C=O) groups excluding carboxylic acids is 1. The van der Waals surface area contributed by atoms with Gasteiger partial charge in [-0.05, 0) is 55.8 Å². The summed E-state index contributed by atoms with van der Waals surface area (Å²) in [6.45, 7) is 8.30. The van der Waals surface area contributed by atoms with Crippen molar-refractivity contribution in [2.24, 2.45) is 0 Å². The van der Waals surface area contributed by atoms with Crippen molar-refractivity contribution in [2.75, 3.05) is 44.2 Å². The zero-order valence-corrected chi connectivity index (χ0v) is 20.7. The van der Waals surface area contributed by atoms with Crippen molar-refractivity contribution >= 4 is 33.1 Å². The summed E-state index contributed by atoms with van der Waals surface area (Å²) >= 11 is 1.46. The van der Waals surface area contributed by atoms with Crippen LogP contribution in [0.3, 0.4) is 0 Å². The third-order valence-corrected chi connectivity index (χ3v) is 7.65. The summed E-state index contributed by atoms with van der Waals surface area (Å²) < 4.78 is 15.1. The van der Waals surface area contributed by atoms with Gasteiger partial charge in [0.2, 0.25) is 0 Å². The zero-order chi connectivity index (χ0) is 24.2. The topological polar surface area (TPSA) is 53.4 Å². The molecule has 0 bridgehead atoms. The smallest absolute Gasteiger partial charge is 0.261 e. The molecule has 0 aliphatic carbocycles. The minimum atomic E-state index is -0.250. The number of para-hydroxylation sites is 1. The lowest BCUT2D eigenvalue weighted by Gasteiger charge is -2.36. The molecular formula is C27H30FN5OS. The number of thiophene rings is 1. The van der Waals surface area contributed by atoms with Crippen LogP contribution >= 0.6 is 11.3 Å². The Labute approximate surface area is 209 Å². The lowest BCUT2D eigenvalue weighted by Crippen LogP contribution is -2.47. The molecule has 5 rings (SSSR count). The van der Waals surface area contributed by atoms with Gasteiger partial charge in [0.1, 0.15) is 10.6 Å². The van der Waals surface area contributed by atoms with Crippen molar-refractivity contribution in [3.63, 3.8) is 0 Å². The number of aryl methyl sites for hydroxylation is 1. The van der Waals surface area contributed by atoms with Crippen LogP contribution in [0.4, 0.5) is 10.1 Å². The first-order valence-electron chi connectivity index (χ1n) is 12.1. The molecule has 1 saturated heterocycles. The molecule has 0 atom stereocenters. The number of nitrogens with zero attached hydrogens (tertiary/aromatic N) is 4. The van der Waals surface area contributed by atoms with Crippen molar-refractivity contribution < 1.29 is 9.18 Å². The maximum absolute atomic E-state index is 13.2. The molecule has 182 valence electrons. The Balaban J connectivity index is 1.10. The summed E-state index contributed by atoms with van der Waals surface area (Å²) in [6.07, 6.45) is 0.930. The summed E-state index contributed by atoms with van der Waals surface area (Å²) in [5, 5.41) is 8.69. The summed E-state index contributed by atoms with van der Waals surface area (Å²) in [5.41, 5.74) is 3.16. The highest BCUT2D eigenvalue weighted by molar-refractivity contribution is 7.20. The van der Waals surface area contributed by atoms with Crippen LogP contribution in [-0.2, 0) is 6.54 Å². The molecule has 35 heavy (non-hydrogen) atoms. The Morgan fingerprint density at radius 1 is 1.06 bits per heavy atom. The van der Waals surface area contributed by atoms with Crippen LogP contribution in [0.15, 0.2) is 60.7 Å². The quantitative estimate of drug-likeness (QED) is 0.368. The van der Waals surface area contributed by atoms with E-state index in [4.69, 9.17) is 0 Å². The molecule has 0 spiro atoms. The van der Waals surface area contributed by atoms with E-state index in [1.54, 1.807) is 12.1 Å². The molecule has 2 aromatic heterocycles. The SMILES string of the molecule is Cc1nn(Cc2ccc(F)cc2)c2sc(C(=O)NCCCN3CCN(c4ccccc4)CC3)cc12. The van der Waals surface area contributed by atoms with E-state index in [2.05, 4.69) is 50.5 Å². The van der Waals surface area contributed by atoms with Crippen molar-refractivity contribution in [2.45, 2.75) is 19.9 Å². The number of halogens is 1. The fourth-order valence-electron chi connectivity index (χ4n) is 4.55. The average Bonchev–Trinajstić information content (AvgIpc) is 3.45. The Kier molecular flexibility index (Phi) is 7.11. The molecule has 0 unspecified atom stereocenters. The molecule has 2 aromatic carbocycles. The van der Waals surface area contributed by atoms with E-state index in [1.165, 1.54) is 29.2 Å². The number of amides is 1. The number of fused-ring (bicyclic) bond motifs is 1. The molecule has 3 heterocycles. The number of hydrogen-bond acceptors (Lipinski definition) is 5. The number of rotatable bonds is 8. The Morgan fingerprint density at radius 3 is 2.54 bits per heavy atom. The van der Waals surface area contributed by atoms with Gasteiger partial charge in [0.15, 0.2) is 0 Å². The average molecular weight is 492 g/mol. The van der Waals surface area contributed by atoms with Gasteiger partial charge >= 0.3 is 0 Å². The van der Waals surface area contributed by atoms with Crippen LogP contribution in [-0.4, -0.2) is 59.9 Å². The van der Waals surface area contributed by atoms with Gasteiger partial charge < -0.3 is 10.2 Å². The molecule has 1 fully saturated rings. The number of piperazine rings is 1. The van der Waals surface area contributed by atoms with E-state index in [1.807, 2.05) is 17.7 Å². The fraction of sp³-hybridized carbons (Fsp3) is 0.333. The molecule has 1 N–H and O–H groups in total. The van der Waals surface area contributed by atoms with Gasteiger partial charge in [0.25, 0.3) is 5.91 Å². The molecular weight excluding hydrogens is 461 g/mol. The second kappa shape index (κ2) is 10.6. The zero-order valence-electron chi connectivity index (χ0n) is 19.9. The summed E-state index contributed by atoms with van der Waals surface area (Å²) in [5.74, 6) is -0.284. The van der Waals surface area contributed by atoms with E-state index >= 15 is 0 Å². The number of anilines is 1. The van der Waals surface area contributed by atoms with E-state index < -0.39 is 0 Å². The summed E-state index contributed by atoms with van der Waals surface area (Å²) in [6, 6.07) is 18.9. The van der Waals surface area contributed by atoms with Crippen LogP contribution in [0, 0.1) is 12.7 Å². The molecule has 4 aromatic rings. The minimum Gasteiger partial charge on any atom is -0.369 e. The second-order valence-electron chi connectivity index (χ2n) is 8.97. The Bertz CT molecular complexity index is 1280. The fourth-order valence-corrected chi connectivity index (χ4v) is 5.63. The third-order valence-electron chi connectivity index (χ3n) is 6.51. The maximum atomic E-state index is 13.2. The van der Waals surface area contributed by atoms with Crippen molar-refractivity contribution in [3.8, 4) is 0 Å². The van der Waals surface area contributed by atoms with Crippen molar-refractivity contribution in [1.82, 2.24) is 20.0 Å². The van der Waals surface area contributed by atoms with Crippen LogP contribution in [0.2, 0.25) is 0 Å². The molecule has 8 heteroatoms. The minimum absolute atomic E-state index is 0.0344. The molecule has 1 aliphatic rings. The lowest BCUT2D eigenvalue weighted by atomic mass is 10.2. The molecule has 0 radical (unpaired) electrons. The predicted octanol–water partition coefficient (Wildman–Crippen LogP) is 4.54. The maximum Gasteiger partial charge on any atom is 0.261 e. The first kappa shape index (κ1) is 23.5. The number of benzene rings is 2. The molecule has 1 amide bonds. The second-order valence-corrected chi connectivity index (χ2v) is 10.0. The summed E-state index contributed by atoms with van der Waals surface area (Å²) in [7, 11) is 0. The highest BCUT2D eigenvalue weighted by Gasteiger charge is 2.18. The summed E-state index contributed by atoms with van der Waals surface area (Å²) in [4.78, 5) is 19.4. The number of hydrogen-bond donors (Lipinski definition) is 1. The van der Waals surface area contributed by atoms with E-state index in [-0.39, 0.29) is 11.7 Å². The Morgan fingerprint density at radius 2 is 1.80 bits per heavy atom. The first-order chi connectivity index (χ1) is 17.1. The number of carbonyl (C=O) groups is 1.